The van der Waals surface area contributed by atoms with Crippen LogP contribution in [-0.2, 0) is 17.8 Å². The van der Waals surface area contributed by atoms with Gasteiger partial charge in [-0.25, -0.2) is 9.97 Å². The molecule has 0 fully saturated rings. The minimum absolute atomic E-state index is 0.492. The van der Waals surface area contributed by atoms with Crippen LogP contribution in [0.5, 0.6) is 0 Å². The molecular weight excluding hydrogens is 318 g/mol. The van der Waals surface area contributed by atoms with Crippen molar-refractivity contribution < 1.29 is 4.74 Å². The standard InChI is InChI=1S/C15H18BrN3O/c1-3-17-14-9-13(10-20-2)18-15(19-14)8-11-5-4-6-12(16)7-11/h4-7,9H,3,8,10H2,1-2H3,(H,17,18,19). The van der Waals surface area contributed by atoms with Crippen molar-refractivity contribution in [2.45, 2.75) is 20.0 Å². The Balaban J connectivity index is 2.25. The molecule has 20 heavy (non-hydrogen) atoms. The van der Waals surface area contributed by atoms with Gasteiger partial charge in [0.1, 0.15) is 11.6 Å². The van der Waals surface area contributed by atoms with Gasteiger partial charge in [-0.15, -0.1) is 0 Å². The molecule has 0 unspecified atom stereocenters. The number of nitrogens with one attached hydrogen (secondary N) is 1. The van der Waals surface area contributed by atoms with Crippen LogP contribution in [0.4, 0.5) is 5.82 Å². The summed E-state index contributed by atoms with van der Waals surface area (Å²) in [6, 6.07) is 10.1. The molecule has 0 bridgehead atoms. The molecule has 0 spiro atoms. The monoisotopic (exact) mass is 335 g/mol. The summed E-state index contributed by atoms with van der Waals surface area (Å²) in [5.41, 5.74) is 2.07. The molecule has 0 aliphatic carbocycles. The van der Waals surface area contributed by atoms with Crippen LogP contribution in [0.1, 0.15) is 24.0 Å². The Morgan fingerprint density at radius 3 is 2.80 bits per heavy atom. The number of hydrogen-bond acceptors (Lipinski definition) is 4. The van der Waals surface area contributed by atoms with E-state index in [1.807, 2.05) is 25.1 Å². The zero-order valence-corrected chi connectivity index (χ0v) is 13.3. The molecule has 1 aromatic carbocycles. The first-order valence-electron chi connectivity index (χ1n) is 6.55. The summed E-state index contributed by atoms with van der Waals surface area (Å²) in [4.78, 5) is 9.08. The highest BCUT2D eigenvalue weighted by Gasteiger charge is 2.06. The Labute approximate surface area is 127 Å². The van der Waals surface area contributed by atoms with Crippen molar-refractivity contribution in [1.29, 1.82) is 0 Å². The number of rotatable bonds is 6. The molecule has 106 valence electrons. The van der Waals surface area contributed by atoms with Gasteiger partial charge < -0.3 is 10.1 Å². The molecular formula is C15H18BrN3O. The summed E-state index contributed by atoms with van der Waals surface area (Å²) in [5.74, 6) is 1.65. The van der Waals surface area contributed by atoms with Crippen molar-refractivity contribution in [2.75, 3.05) is 19.0 Å². The third-order valence-corrected chi connectivity index (χ3v) is 3.22. The molecule has 0 aliphatic rings. The van der Waals surface area contributed by atoms with Gasteiger partial charge in [0.25, 0.3) is 0 Å². The molecule has 0 saturated heterocycles. The molecule has 0 aliphatic heterocycles. The number of halogens is 1. The summed E-state index contributed by atoms with van der Waals surface area (Å²) in [6.45, 7) is 3.37. The number of benzene rings is 1. The molecule has 1 heterocycles. The third kappa shape index (κ3) is 4.28. The van der Waals surface area contributed by atoms with Gasteiger partial charge in [0.05, 0.1) is 12.3 Å². The first-order chi connectivity index (χ1) is 9.71. The van der Waals surface area contributed by atoms with Gasteiger partial charge in [-0.3, -0.25) is 0 Å². The van der Waals surface area contributed by atoms with Crippen LogP contribution in [0, 0.1) is 0 Å². The molecule has 1 N–H and O–H groups in total. The number of methoxy groups -OCH3 is 1. The van der Waals surface area contributed by atoms with Gasteiger partial charge >= 0.3 is 0 Å². The molecule has 2 rings (SSSR count). The summed E-state index contributed by atoms with van der Waals surface area (Å²) in [6.07, 6.45) is 0.704. The highest BCUT2D eigenvalue weighted by atomic mass is 79.9. The first kappa shape index (κ1) is 14.9. The molecule has 4 nitrogen and oxygen atoms in total. The average Bonchev–Trinajstić information content (AvgIpc) is 2.39. The number of anilines is 1. The van der Waals surface area contributed by atoms with E-state index in [1.165, 1.54) is 5.56 Å². The topological polar surface area (TPSA) is 47.0 Å². The third-order valence-electron chi connectivity index (χ3n) is 2.73. The smallest absolute Gasteiger partial charge is 0.135 e. The summed E-state index contributed by atoms with van der Waals surface area (Å²) in [7, 11) is 1.67. The number of nitrogens with zero attached hydrogens (tertiary/aromatic N) is 2. The van der Waals surface area contributed by atoms with Crippen molar-refractivity contribution in [2.24, 2.45) is 0 Å². The maximum absolute atomic E-state index is 5.16. The Hall–Kier alpha value is -1.46. The van der Waals surface area contributed by atoms with E-state index in [0.29, 0.717) is 13.0 Å². The van der Waals surface area contributed by atoms with Crippen LogP contribution in [0.25, 0.3) is 0 Å². The largest absolute Gasteiger partial charge is 0.378 e. The average molecular weight is 336 g/mol. The zero-order chi connectivity index (χ0) is 14.4. The second kappa shape index (κ2) is 7.36. The highest BCUT2D eigenvalue weighted by molar-refractivity contribution is 9.10. The van der Waals surface area contributed by atoms with Crippen molar-refractivity contribution in [3.63, 3.8) is 0 Å². The number of ether oxygens (including phenoxy) is 1. The number of hydrogen-bond donors (Lipinski definition) is 1. The Morgan fingerprint density at radius 2 is 2.10 bits per heavy atom. The van der Waals surface area contributed by atoms with E-state index < -0.39 is 0 Å². The maximum atomic E-state index is 5.16. The van der Waals surface area contributed by atoms with Gasteiger partial charge in [0.15, 0.2) is 0 Å². The predicted octanol–water partition coefficient (Wildman–Crippen LogP) is 3.41. The van der Waals surface area contributed by atoms with E-state index in [4.69, 9.17) is 4.74 Å². The minimum Gasteiger partial charge on any atom is -0.378 e. The van der Waals surface area contributed by atoms with Crippen LogP contribution in [0.3, 0.4) is 0 Å². The molecule has 0 amide bonds. The lowest BCUT2D eigenvalue weighted by atomic mass is 10.1. The zero-order valence-electron chi connectivity index (χ0n) is 11.7. The molecule has 5 heteroatoms. The molecule has 0 radical (unpaired) electrons. The lowest BCUT2D eigenvalue weighted by Crippen LogP contribution is -2.07. The Bertz CT molecular complexity index is 551. The quantitative estimate of drug-likeness (QED) is 0.878. The predicted molar refractivity (Wildman–Crippen MR) is 83.9 cm³/mol. The maximum Gasteiger partial charge on any atom is 0.135 e. The van der Waals surface area contributed by atoms with Crippen molar-refractivity contribution in [1.82, 2.24) is 9.97 Å². The number of aromatic nitrogens is 2. The van der Waals surface area contributed by atoms with Crippen LogP contribution >= 0.6 is 15.9 Å². The Morgan fingerprint density at radius 1 is 1.25 bits per heavy atom. The van der Waals surface area contributed by atoms with Crippen molar-refractivity contribution in [3.05, 3.63) is 51.9 Å². The summed E-state index contributed by atoms with van der Waals surface area (Å²) in [5, 5.41) is 3.23. The van der Waals surface area contributed by atoms with Crippen LogP contribution < -0.4 is 5.32 Å². The van der Waals surface area contributed by atoms with Gasteiger partial charge in [-0.05, 0) is 24.6 Å². The fourth-order valence-corrected chi connectivity index (χ4v) is 2.40. The summed E-state index contributed by atoms with van der Waals surface area (Å²) < 4.78 is 6.22. The lowest BCUT2D eigenvalue weighted by molar-refractivity contribution is 0.181. The molecule has 2 aromatic rings. The fourth-order valence-electron chi connectivity index (χ4n) is 1.95. The van der Waals surface area contributed by atoms with E-state index in [0.717, 1.165) is 28.4 Å². The van der Waals surface area contributed by atoms with Gasteiger partial charge in [-0.1, -0.05) is 28.1 Å². The Kier molecular flexibility index (Phi) is 5.49. The lowest BCUT2D eigenvalue weighted by Gasteiger charge is -2.09. The second-order valence-electron chi connectivity index (χ2n) is 4.43. The SMILES string of the molecule is CCNc1cc(COC)nc(Cc2cccc(Br)c2)n1. The van der Waals surface area contributed by atoms with Crippen molar-refractivity contribution >= 4 is 21.7 Å². The molecule has 0 saturated carbocycles. The molecule has 1 aromatic heterocycles. The fraction of sp³-hybridized carbons (Fsp3) is 0.333. The minimum atomic E-state index is 0.492. The van der Waals surface area contributed by atoms with Crippen LogP contribution in [-0.4, -0.2) is 23.6 Å². The van der Waals surface area contributed by atoms with Gasteiger partial charge in [0.2, 0.25) is 0 Å². The van der Waals surface area contributed by atoms with E-state index in [1.54, 1.807) is 7.11 Å². The second-order valence-corrected chi connectivity index (χ2v) is 5.35. The van der Waals surface area contributed by atoms with Crippen LogP contribution in [0.15, 0.2) is 34.8 Å². The first-order valence-corrected chi connectivity index (χ1v) is 7.34. The highest BCUT2D eigenvalue weighted by Crippen LogP contribution is 2.15. The van der Waals surface area contributed by atoms with E-state index >= 15 is 0 Å². The van der Waals surface area contributed by atoms with Gasteiger partial charge in [-0.2, -0.15) is 0 Å². The van der Waals surface area contributed by atoms with Gasteiger partial charge in [0, 0.05) is 30.6 Å². The van der Waals surface area contributed by atoms with E-state index in [9.17, 15) is 0 Å². The van der Waals surface area contributed by atoms with Crippen LogP contribution in [0.2, 0.25) is 0 Å². The van der Waals surface area contributed by atoms with E-state index in [-0.39, 0.29) is 0 Å². The van der Waals surface area contributed by atoms with E-state index in [2.05, 4.69) is 43.3 Å². The normalized spacial score (nSPS) is 10.6. The summed E-state index contributed by atoms with van der Waals surface area (Å²) >= 11 is 3.48. The molecule has 0 atom stereocenters. The van der Waals surface area contributed by atoms with Crippen molar-refractivity contribution in [3.8, 4) is 0 Å².